The summed E-state index contributed by atoms with van der Waals surface area (Å²) in [5.74, 6) is 4.21. The lowest BCUT2D eigenvalue weighted by Crippen LogP contribution is -2.29. The average molecular weight is 222 g/mol. The van der Waals surface area contributed by atoms with Gasteiger partial charge >= 0.3 is 0 Å². The van der Waals surface area contributed by atoms with Crippen LogP contribution in [0.2, 0.25) is 0 Å². The van der Waals surface area contributed by atoms with Crippen LogP contribution in [0, 0.1) is 23.7 Å². The van der Waals surface area contributed by atoms with Crippen LogP contribution >= 0.6 is 0 Å². The molecule has 0 radical (unpaired) electrons. The van der Waals surface area contributed by atoms with Gasteiger partial charge in [0, 0.05) is 0 Å². The van der Waals surface area contributed by atoms with Gasteiger partial charge in [-0.2, -0.15) is 0 Å². The predicted molar refractivity (Wildman–Crippen MR) is 71.5 cm³/mol. The first-order chi connectivity index (χ1) is 7.77. The third-order valence-corrected chi connectivity index (χ3v) is 5.00. The van der Waals surface area contributed by atoms with Crippen molar-refractivity contribution in [2.24, 2.45) is 23.7 Å². The van der Waals surface area contributed by atoms with Gasteiger partial charge in [0.2, 0.25) is 0 Å². The molecule has 0 aromatic heterocycles. The first kappa shape index (κ1) is 12.5. The van der Waals surface area contributed by atoms with Crippen LogP contribution in [0.1, 0.15) is 78.1 Å². The molecule has 2 fully saturated rings. The van der Waals surface area contributed by atoms with E-state index in [9.17, 15) is 0 Å². The lowest BCUT2D eigenvalue weighted by molar-refractivity contribution is 0.113. The van der Waals surface area contributed by atoms with Gasteiger partial charge in [0.1, 0.15) is 0 Å². The lowest BCUT2D eigenvalue weighted by atomic mass is 9.66. The molecule has 0 spiro atoms. The molecule has 0 bridgehead atoms. The van der Waals surface area contributed by atoms with E-state index in [1.165, 1.54) is 38.5 Å². The van der Waals surface area contributed by atoms with Crippen molar-refractivity contribution in [1.82, 2.24) is 0 Å². The summed E-state index contributed by atoms with van der Waals surface area (Å²) in [6.07, 6.45) is 15.3. The zero-order chi connectivity index (χ0) is 11.4. The second-order valence-electron chi connectivity index (χ2n) is 6.74. The molecule has 0 N–H and O–H groups in total. The maximum absolute atomic E-state index is 2.41. The minimum atomic E-state index is 0.911. The van der Waals surface area contributed by atoms with Crippen LogP contribution in [-0.4, -0.2) is 0 Å². The Morgan fingerprint density at radius 3 is 2.12 bits per heavy atom. The van der Waals surface area contributed by atoms with Crippen molar-refractivity contribution in [3.05, 3.63) is 0 Å². The van der Waals surface area contributed by atoms with Gasteiger partial charge in [0.05, 0.1) is 0 Å². The molecule has 0 amide bonds. The highest BCUT2D eigenvalue weighted by Gasteiger charge is 2.32. The van der Waals surface area contributed by atoms with E-state index >= 15 is 0 Å². The van der Waals surface area contributed by atoms with Crippen molar-refractivity contribution in [3.63, 3.8) is 0 Å². The summed E-state index contributed by atoms with van der Waals surface area (Å²) in [4.78, 5) is 0. The molecule has 2 rings (SSSR count). The Morgan fingerprint density at radius 2 is 1.44 bits per heavy atom. The maximum atomic E-state index is 2.41. The van der Waals surface area contributed by atoms with E-state index in [-0.39, 0.29) is 0 Å². The quantitative estimate of drug-likeness (QED) is 0.598. The second kappa shape index (κ2) is 6.07. The molecule has 94 valence electrons. The van der Waals surface area contributed by atoms with E-state index in [0.717, 1.165) is 23.7 Å². The van der Waals surface area contributed by atoms with Gasteiger partial charge in [-0.15, -0.1) is 0 Å². The SMILES string of the molecule is CC(C)CC1CCCCC1C1CCCCC1. The molecule has 2 atom stereocenters. The maximum Gasteiger partial charge on any atom is -0.0357 e. The van der Waals surface area contributed by atoms with Crippen molar-refractivity contribution in [2.75, 3.05) is 0 Å². The van der Waals surface area contributed by atoms with Gasteiger partial charge in [0.15, 0.2) is 0 Å². The molecule has 0 heterocycles. The summed E-state index contributed by atoms with van der Waals surface area (Å²) in [6, 6.07) is 0. The molecule has 0 aromatic carbocycles. The summed E-state index contributed by atoms with van der Waals surface area (Å²) >= 11 is 0. The zero-order valence-electron chi connectivity index (χ0n) is 11.4. The molecule has 0 aromatic rings. The molecule has 0 saturated heterocycles. The molecular weight excluding hydrogens is 192 g/mol. The minimum absolute atomic E-state index is 0.911. The molecular formula is C16H30. The van der Waals surface area contributed by atoms with Crippen molar-refractivity contribution < 1.29 is 0 Å². The molecule has 2 aliphatic carbocycles. The topological polar surface area (TPSA) is 0 Å². The van der Waals surface area contributed by atoms with Crippen molar-refractivity contribution in [1.29, 1.82) is 0 Å². The minimum Gasteiger partial charge on any atom is -0.0628 e. The van der Waals surface area contributed by atoms with Gasteiger partial charge in [-0.3, -0.25) is 0 Å². The van der Waals surface area contributed by atoms with Crippen LogP contribution < -0.4 is 0 Å². The van der Waals surface area contributed by atoms with E-state index in [0.29, 0.717) is 0 Å². The molecule has 2 unspecified atom stereocenters. The lowest BCUT2D eigenvalue weighted by Gasteiger charge is -2.40. The second-order valence-corrected chi connectivity index (χ2v) is 6.74. The van der Waals surface area contributed by atoms with Crippen LogP contribution in [0.3, 0.4) is 0 Å². The van der Waals surface area contributed by atoms with Gasteiger partial charge in [0.25, 0.3) is 0 Å². The summed E-state index contributed by atoms with van der Waals surface area (Å²) in [7, 11) is 0. The van der Waals surface area contributed by atoms with Crippen LogP contribution in [0.15, 0.2) is 0 Å². The average Bonchev–Trinajstić information content (AvgIpc) is 2.30. The summed E-state index contributed by atoms with van der Waals surface area (Å²) in [6.45, 7) is 4.82. The van der Waals surface area contributed by atoms with Crippen LogP contribution in [-0.2, 0) is 0 Å². The highest BCUT2D eigenvalue weighted by Crippen LogP contribution is 2.43. The van der Waals surface area contributed by atoms with Crippen LogP contribution in [0.4, 0.5) is 0 Å². The van der Waals surface area contributed by atoms with E-state index < -0.39 is 0 Å². The van der Waals surface area contributed by atoms with E-state index in [4.69, 9.17) is 0 Å². The smallest absolute Gasteiger partial charge is 0.0357 e. The largest absolute Gasteiger partial charge is 0.0628 e. The monoisotopic (exact) mass is 222 g/mol. The van der Waals surface area contributed by atoms with E-state index in [2.05, 4.69) is 13.8 Å². The molecule has 2 saturated carbocycles. The highest BCUT2D eigenvalue weighted by atomic mass is 14.4. The predicted octanol–water partition coefficient (Wildman–Crippen LogP) is 5.42. The van der Waals surface area contributed by atoms with E-state index in [1.807, 2.05) is 0 Å². The van der Waals surface area contributed by atoms with E-state index in [1.54, 1.807) is 25.7 Å². The molecule has 16 heavy (non-hydrogen) atoms. The van der Waals surface area contributed by atoms with Gasteiger partial charge < -0.3 is 0 Å². The first-order valence-corrected chi connectivity index (χ1v) is 7.77. The molecule has 2 aliphatic rings. The fourth-order valence-electron chi connectivity index (χ4n) is 4.32. The third-order valence-electron chi connectivity index (χ3n) is 5.00. The van der Waals surface area contributed by atoms with Crippen molar-refractivity contribution >= 4 is 0 Å². The first-order valence-electron chi connectivity index (χ1n) is 7.77. The summed E-state index contributed by atoms with van der Waals surface area (Å²) < 4.78 is 0. The number of hydrogen-bond acceptors (Lipinski definition) is 0. The van der Waals surface area contributed by atoms with Gasteiger partial charge in [-0.05, 0) is 36.5 Å². The third kappa shape index (κ3) is 3.25. The Hall–Kier alpha value is 0. The fraction of sp³-hybridized carbons (Fsp3) is 1.00. The molecule has 0 heteroatoms. The summed E-state index contributed by atoms with van der Waals surface area (Å²) in [5.41, 5.74) is 0. The Labute approximate surface area is 102 Å². The van der Waals surface area contributed by atoms with Crippen molar-refractivity contribution in [3.8, 4) is 0 Å². The van der Waals surface area contributed by atoms with Gasteiger partial charge in [-0.25, -0.2) is 0 Å². The number of hydrogen-bond donors (Lipinski definition) is 0. The Morgan fingerprint density at radius 1 is 0.812 bits per heavy atom. The van der Waals surface area contributed by atoms with Crippen LogP contribution in [0.5, 0.6) is 0 Å². The normalized spacial score (nSPS) is 33.2. The van der Waals surface area contributed by atoms with Crippen LogP contribution in [0.25, 0.3) is 0 Å². The molecule has 0 nitrogen and oxygen atoms in total. The fourth-order valence-corrected chi connectivity index (χ4v) is 4.32. The highest BCUT2D eigenvalue weighted by molar-refractivity contribution is 4.83. The Balaban J connectivity index is 1.92. The molecule has 0 aliphatic heterocycles. The number of rotatable bonds is 3. The van der Waals surface area contributed by atoms with Gasteiger partial charge in [-0.1, -0.05) is 65.2 Å². The zero-order valence-corrected chi connectivity index (χ0v) is 11.4. The standard InChI is InChI=1S/C16H30/c1-13(2)12-15-10-6-7-11-16(15)14-8-4-3-5-9-14/h13-16H,3-12H2,1-2H3. The van der Waals surface area contributed by atoms with Crippen molar-refractivity contribution in [2.45, 2.75) is 78.1 Å². The Kier molecular flexibility index (Phi) is 4.73. The summed E-state index contributed by atoms with van der Waals surface area (Å²) in [5, 5.41) is 0. The Bertz CT molecular complexity index is 188.